The Bertz CT molecular complexity index is 234. The van der Waals surface area contributed by atoms with Crippen molar-refractivity contribution >= 4 is 18.3 Å². The van der Waals surface area contributed by atoms with Gasteiger partial charge in [0.1, 0.15) is 5.70 Å². The number of aliphatic carboxylic acids is 2. The number of hydrogen-bond acceptors (Lipinski definition) is 4. The predicted molar refractivity (Wildman–Crippen MR) is 35.7 cm³/mol. The molecular formula is C5H6N2O5. The van der Waals surface area contributed by atoms with Gasteiger partial charge < -0.3 is 10.2 Å². The number of rotatable bonds is 5. The number of nitrogens with one attached hydrogen (secondary N) is 2. The molecule has 0 aromatic carbocycles. The first-order chi connectivity index (χ1) is 5.57. The van der Waals surface area contributed by atoms with Crippen LogP contribution in [0.2, 0.25) is 0 Å². The van der Waals surface area contributed by atoms with Gasteiger partial charge in [0.15, 0.2) is 0 Å². The highest BCUT2D eigenvalue weighted by Crippen LogP contribution is 1.86. The summed E-state index contributed by atoms with van der Waals surface area (Å²) in [5.41, 5.74) is 3.02. The van der Waals surface area contributed by atoms with E-state index in [1.807, 2.05) is 5.43 Å². The monoisotopic (exact) mass is 174 g/mol. The molecule has 4 N–H and O–H groups in total. The van der Waals surface area contributed by atoms with Crippen LogP contribution in [0.4, 0.5) is 0 Å². The Balaban J connectivity index is 4.32. The van der Waals surface area contributed by atoms with Gasteiger partial charge in [-0.15, -0.1) is 0 Å². The van der Waals surface area contributed by atoms with Crippen LogP contribution in [-0.2, 0) is 14.4 Å². The van der Waals surface area contributed by atoms with E-state index >= 15 is 0 Å². The molecule has 0 atom stereocenters. The zero-order chi connectivity index (χ0) is 9.56. The molecule has 0 aliphatic heterocycles. The molecule has 0 spiro atoms. The van der Waals surface area contributed by atoms with E-state index in [0.717, 1.165) is 0 Å². The molecule has 0 saturated heterocycles. The average Bonchev–Trinajstić information content (AvgIpc) is 1.96. The van der Waals surface area contributed by atoms with Crippen molar-refractivity contribution in [3.63, 3.8) is 0 Å². The van der Waals surface area contributed by atoms with E-state index in [9.17, 15) is 14.4 Å². The normalized spacial score (nSPS) is 10.2. The summed E-state index contributed by atoms with van der Waals surface area (Å²) in [5, 5.41) is 16.4. The minimum atomic E-state index is -1.48. The summed E-state index contributed by atoms with van der Waals surface area (Å²) in [5.74, 6) is -2.90. The molecule has 0 aromatic heterocycles. The molecule has 0 aromatic rings. The highest BCUT2D eigenvalue weighted by molar-refractivity contribution is 5.94. The van der Waals surface area contributed by atoms with Gasteiger partial charge in [0.05, 0.1) is 6.08 Å². The molecule has 0 fully saturated rings. The minimum absolute atomic E-state index is 0.179. The van der Waals surface area contributed by atoms with Crippen molar-refractivity contribution < 1.29 is 24.6 Å². The van der Waals surface area contributed by atoms with E-state index in [2.05, 4.69) is 0 Å². The molecule has 0 unspecified atom stereocenters. The highest BCUT2D eigenvalue weighted by Gasteiger charge is 2.07. The summed E-state index contributed by atoms with van der Waals surface area (Å²) < 4.78 is 0. The van der Waals surface area contributed by atoms with Crippen LogP contribution in [0.3, 0.4) is 0 Å². The number of hydrazine groups is 1. The van der Waals surface area contributed by atoms with Crippen molar-refractivity contribution in [1.82, 2.24) is 10.9 Å². The van der Waals surface area contributed by atoms with E-state index in [4.69, 9.17) is 10.2 Å². The third-order valence-corrected chi connectivity index (χ3v) is 0.764. The third-order valence-electron chi connectivity index (χ3n) is 0.764. The number of carboxylic acid groups (broad SMARTS) is 2. The first kappa shape index (κ1) is 9.95. The van der Waals surface area contributed by atoms with Gasteiger partial charge in [-0.25, -0.2) is 9.59 Å². The number of carbonyl (C=O) groups is 3. The van der Waals surface area contributed by atoms with Gasteiger partial charge in [0, 0.05) is 0 Å². The average molecular weight is 174 g/mol. The van der Waals surface area contributed by atoms with Gasteiger partial charge in [0.25, 0.3) is 0 Å². The van der Waals surface area contributed by atoms with Crippen molar-refractivity contribution in [2.75, 3.05) is 0 Å². The van der Waals surface area contributed by atoms with E-state index in [1.165, 1.54) is 0 Å². The molecular weight excluding hydrogens is 168 g/mol. The maximum Gasteiger partial charge on any atom is 0.354 e. The topological polar surface area (TPSA) is 116 Å². The second-order valence-corrected chi connectivity index (χ2v) is 1.59. The molecule has 7 nitrogen and oxygen atoms in total. The van der Waals surface area contributed by atoms with Crippen molar-refractivity contribution in [3.05, 3.63) is 11.8 Å². The Labute approximate surface area is 66.7 Å². The molecule has 0 radical (unpaired) electrons. The van der Waals surface area contributed by atoms with Crippen molar-refractivity contribution in [2.45, 2.75) is 0 Å². The number of carbonyl (C=O) groups excluding carboxylic acids is 1. The lowest BCUT2D eigenvalue weighted by Gasteiger charge is -2.01. The lowest BCUT2D eigenvalue weighted by Crippen LogP contribution is -2.33. The van der Waals surface area contributed by atoms with Crippen LogP contribution in [0.25, 0.3) is 0 Å². The largest absolute Gasteiger partial charge is 0.478 e. The Morgan fingerprint density at radius 3 is 2.17 bits per heavy atom. The molecule has 0 rings (SSSR count). The van der Waals surface area contributed by atoms with Crippen LogP contribution in [0.5, 0.6) is 0 Å². The second kappa shape index (κ2) is 4.72. The molecule has 0 heterocycles. The fourth-order valence-electron chi connectivity index (χ4n) is 0.382. The Morgan fingerprint density at radius 1 is 1.25 bits per heavy atom. The van der Waals surface area contributed by atoms with E-state index in [-0.39, 0.29) is 6.41 Å². The van der Waals surface area contributed by atoms with Gasteiger partial charge in [0.2, 0.25) is 6.41 Å². The van der Waals surface area contributed by atoms with Gasteiger partial charge in [-0.2, -0.15) is 0 Å². The van der Waals surface area contributed by atoms with E-state index in [1.54, 1.807) is 5.43 Å². The second-order valence-electron chi connectivity index (χ2n) is 1.59. The molecule has 0 bridgehead atoms. The summed E-state index contributed by atoms with van der Waals surface area (Å²) >= 11 is 0. The molecule has 0 aliphatic carbocycles. The van der Waals surface area contributed by atoms with Crippen LogP contribution in [0.15, 0.2) is 11.8 Å². The molecule has 0 aliphatic rings. The number of hydrogen-bond donors (Lipinski definition) is 4. The van der Waals surface area contributed by atoms with E-state index < -0.39 is 17.6 Å². The lowest BCUT2D eigenvalue weighted by atomic mass is 10.4. The van der Waals surface area contributed by atoms with Crippen molar-refractivity contribution in [2.24, 2.45) is 0 Å². The Kier molecular flexibility index (Phi) is 3.91. The Hall–Kier alpha value is -2.05. The Morgan fingerprint density at radius 2 is 1.83 bits per heavy atom. The van der Waals surface area contributed by atoms with Crippen molar-refractivity contribution in [3.8, 4) is 0 Å². The molecule has 66 valence electrons. The van der Waals surface area contributed by atoms with Crippen LogP contribution in [0.1, 0.15) is 0 Å². The summed E-state index contributed by atoms with van der Waals surface area (Å²) in [4.78, 5) is 29.8. The standard InChI is InChI=1S/C5H6N2O5/c8-2-6-7-3(5(11)12)1-4(9)10/h1-2,7H,(H,6,8)(H,9,10)(H,11,12)/b3-1+. The summed E-state index contributed by atoms with van der Waals surface area (Å²) in [7, 11) is 0. The van der Waals surface area contributed by atoms with Crippen LogP contribution < -0.4 is 10.9 Å². The maximum absolute atomic E-state index is 10.2. The van der Waals surface area contributed by atoms with Crippen LogP contribution in [0, 0.1) is 0 Å². The van der Waals surface area contributed by atoms with Crippen LogP contribution >= 0.6 is 0 Å². The van der Waals surface area contributed by atoms with Crippen LogP contribution in [-0.4, -0.2) is 28.6 Å². The van der Waals surface area contributed by atoms with Gasteiger partial charge in [-0.05, 0) is 0 Å². The smallest absolute Gasteiger partial charge is 0.354 e. The predicted octanol–water partition coefficient (Wildman–Crippen LogP) is -1.71. The maximum atomic E-state index is 10.2. The number of carboxylic acids is 2. The van der Waals surface area contributed by atoms with Gasteiger partial charge in [-0.3, -0.25) is 15.6 Å². The highest BCUT2D eigenvalue weighted by atomic mass is 16.4. The lowest BCUT2D eigenvalue weighted by molar-refractivity contribution is -0.135. The summed E-state index contributed by atoms with van der Waals surface area (Å²) in [6.07, 6.45) is 0.595. The third kappa shape index (κ3) is 3.88. The first-order valence-electron chi connectivity index (χ1n) is 2.71. The minimum Gasteiger partial charge on any atom is -0.478 e. The molecule has 12 heavy (non-hydrogen) atoms. The molecule has 7 heteroatoms. The number of amides is 1. The molecule has 1 amide bonds. The van der Waals surface area contributed by atoms with E-state index in [0.29, 0.717) is 6.08 Å². The first-order valence-corrected chi connectivity index (χ1v) is 2.71. The SMILES string of the molecule is O=CNN/C(=C/C(=O)O)C(=O)O. The fraction of sp³-hybridized carbons (Fsp3) is 0. The zero-order valence-corrected chi connectivity index (χ0v) is 5.77. The summed E-state index contributed by atoms with van der Waals surface area (Å²) in [6.45, 7) is 0. The zero-order valence-electron chi connectivity index (χ0n) is 5.77. The molecule has 0 saturated carbocycles. The quantitative estimate of drug-likeness (QED) is 0.224. The van der Waals surface area contributed by atoms with Crippen molar-refractivity contribution in [1.29, 1.82) is 0 Å². The fourth-order valence-corrected chi connectivity index (χ4v) is 0.382. The van der Waals surface area contributed by atoms with Gasteiger partial charge in [-0.1, -0.05) is 0 Å². The van der Waals surface area contributed by atoms with Gasteiger partial charge >= 0.3 is 11.9 Å². The summed E-state index contributed by atoms with van der Waals surface area (Å²) in [6, 6.07) is 0.